The number of ketones is 1. The molecule has 1 unspecified atom stereocenters. The Morgan fingerprint density at radius 1 is 1.11 bits per heavy atom. The molecule has 1 heterocycles. The zero-order valence-corrected chi connectivity index (χ0v) is 10.7. The van der Waals surface area contributed by atoms with Crippen LogP contribution >= 0.6 is 0 Å². The van der Waals surface area contributed by atoms with Crippen LogP contribution < -0.4 is 0 Å². The van der Waals surface area contributed by atoms with Crippen molar-refractivity contribution in [2.24, 2.45) is 5.92 Å². The van der Waals surface area contributed by atoms with E-state index in [9.17, 15) is 4.79 Å². The van der Waals surface area contributed by atoms with E-state index in [4.69, 9.17) is 4.42 Å². The Bertz CT molecular complexity index is 579. The maximum atomic E-state index is 12.2. The van der Waals surface area contributed by atoms with Crippen molar-refractivity contribution in [3.05, 3.63) is 66.1 Å². The van der Waals surface area contributed by atoms with Crippen LogP contribution in [0.5, 0.6) is 0 Å². The Morgan fingerprint density at radius 3 is 2.58 bits per heavy atom. The molecule has 1 aromatic carbocycles. The van der Waals surface area contributed by atoms with E-state index in [1.165, 1.54) is 11.1 Å². The highest BCUT2D eigenvalue weighted by atomic mass is 16.3. The summed E-state index contributed by atoms with van der Waals surface area (Å²) in [5.41, 5.74) is 2.62. The van der Waals surface area contributed by atoms with Crippen molar-refractivity contribution in [1.29, 1.82) is 0 Å². The van der Waals surface area contributed by atoms with Crippen LogP contribution in [0.1, 0.15) is 35.4 Å². The molecule has 0 bridgehead atoms. The summed E-state index contributed by atoms with van der Waals surface area (Å²) in [5.74, 6) is 0.688. The molecule has 0 saturated carbocycles. The summed E-state index contributed by atoms with van der Waals surface area (Å²) in [6, 6.07) is 13.9. The predicted molar refractivity (Wildman–Crippen MR) is 74.8 cm³/mol. The van der Waals surface area contributed by atoms with Crippen LogP contribution in [0.3, 0.4) is 0 Å². The number of allylic oxidation sites excluding steroid dienone is 2. The van der Waals surface area contributed by atoms with E-state index < -0.39 is 0 Å². The largest absolute Gasteiger partial charge is 0.461 e. The van der Waals surface area contributed by atoms with Crippen molar-refractivity contribution in [2.45, 2.75) is 19.3 Å². The second-order valence-corrected chi connectivity index (χ2v) is 4.91. The lowest BCUT2D eigenvalue weighted by molar-refractivity contribution is 0.0884. The fourth-order valence-corrected chi connectivity index (χ4v) is 2.61. The van der Waals surface area contributed by atoms with Crippen LogP contribution in [0.4, 0.5) is 0 Å². The van der Waals surface area contributed by atoms with Gasteiger partial charge in [0.1, 0.15) is 0 Å². The van der Waals surface area contributed by atoms with Gasteiger partial charge in [0.15, 0.2) is 5.76 Å². The number of benzene rings is 1. The normalized spacial score (nSPS) is 18.9. The van der Waals surface area contributed by atoms with Gasteiger partial charge in [-0.15, -0.1) is 0 Å². The van der Waals surface area contributed by atoms with Crippen LogP contribution in [0.2, 0.25) is 0 Å². The summed E-state index contributed by atoms with van der Waals surface area (Å²) in [7, 11) is 0. The summed E-state index contributed by atoms with van der Waals surface area (Å²) >= 11 is 0. The number of carbonyl (C=O) groups is 1. The van der Waals surface area contributed by atoms with Crippen molar-refractivity contribution in [3.63, 3.8) is 0 Å². The molecule has 2 aromatic rings. The van der Waals surface area contributed by atoms with Crippen molar-refractivity contribution < 1.29 is 9.21 Å². The molecule has 0 N–H and O–H groups in total. The van der Waals surface area contributed by atoms with Crippen LogP contribution in [0.25, 0.3) is 5.57 Å². The van der Waals surface area contributed by atoms with Gasteiger partial charge in [-0.2, -0.15) is 0 Å². The van der Waals surface area contributed by atoms with Gasteiger partial charge in [-0.05, 0) is 42.5 Å². The minimum absolute atomic E-state index is 0.0682. The summed E-state index contributed by atoms with van der Waals surface area (Å²) < 4.78 is 5.19. The molecule has 1 aromatic heterocycles. The molecule has 0 fully saturated rings. The van der Waals surface area contributed by atoms with Gasteiger partial charge >= 0.3 is 0 Å². The highest BCUT2D eigenvalue weighted by Gasteiger charge is 2.24. The first-order chi connectivity index (χ1) is 9.34. The number of carbonyl (C=O) groups excluding carboxylic acids is 1. The van der Waals surface area contributed by atoms with Gasteiger partial charge in [0, 0.05) is 5.92 Å². The van der Waals surface area contributed by atoms with Gasteiger partial charge < -0.3 is 4.42 Å². The zero-order chi connectivity index (χ0) is 13.1. The summed E-state index contributed by atoms with van der Waals surface area (Å²) in [6.07, 6.45) is 6.43. The van der Waals surface area contributed by atoms with E-state index in [2.05, 4.69) is 30.3 Å². The molecule has 0 spiro atoms. The van der Waals surface area contributed by atoms with Crippen molar-refractivity contribution in [2.75, 3.05) is 0 Å². The molecule has 0 amide bonds. The Labute approximate surface area is 112 Å². The Balaban J connectivity index is 1.72. The second-order valence-electron chi connectivity index (χ2n) is 4.91. The quantitative estimate of drug-likeness (QED) is 0.760. The van der Waals surface area contributed by atoms with Crippen LogP contribution in [0.15, 0.2) is 59.2 Å². The lowest BCUT2D eigenvalue weighted by atomic mass is 9.84. The average Bonchev–Trinajstić information content (AvgIpc) is 3.02. The molecular formula is C17H16O2. The summed E-state index contributed by atoms with van der Waals surface area (Å²) in [5, 5.41) is 0. The maximum absolute atomic E-state index is 12.2. The van der Waals surface area contributed by atoms with Gasteiger partial charge in [-0.25, -0.2) is 0 Å². The number of Topliss-reactive ketones (excluding diaryl/α,β-unsaturated/α-hetero) is 1. The lowest BCUT2D eigenvalue weighted by Crippen LogP contribution is -2.16. The smallest absolute Gasteiger partial charge is 0.201 e. The number of hydrogen-bond donors (Lipinski definition) is 0. The maximum Gasteiger partial charge on any atom is 0.201 e. The number of hydrogen-bond acceptors (Lipinski definition) is 2. The van der Waals surface area contributed by atoms with Gasteiger partial charge in [-0.3, -0.25) is 4.79 Å². The average molecular weight is 252 g/mol. The molecular weight excluding hydrogens is 236 g/mol. The Hall–Kier alpha value is -2.09. The van der Waals surface area contributed by atoms with Crippen LogP contribution in [0, 0.1) is 5.92 Å². The first-order valence-electron chi connectivity index (χ1n) is 6.67. The van der Waals surface area contributed by atoms with E-state index in [-0.39, 0.29) is 11.7 Å². The lowest BCUT2D eigenvalue weighted by Gasteiger charge is -2.20. The standard InChI is InChI=1S/C17H16O2/c18-17(16-7-4-12-19-16)15-10-8-14(9-11-15)13-5-2-1-3-6-13/h1-8,12,15H,9-11H2. The molecule has 96 valence electrons. The molecule has 3 rings (SSSR count). The van der Waals surface area contributed by atoms with Gasteiger partial charge in [-0.1, -0.05) is 36.4 Å². The second kappa shape index (κ2) is 5.27. The first-order valence-corrected chi connectivity index (χ1v) is 6.67. The molecule has 2 nitrogen and oxygen atoms in total. The van der Waals surface area contributed by atoms with Gasteiger partial charge in [0.25, 0.3) is 0 Å². The van der Waals surface area contributed by atoms with Gasteiger partial charge in [0.05, 0.1) is 6.26 Å². The van der Waals surface area contributed by atoms with E-state index in [0.29, 0.717) is 5.76 Å². The molecule has 1 aliphatic rings. The van der Waals surface area contributed by atoms with E-state index in [1.54, 1.807) is 18.4 Å². The van der Waals surface area contributed by atoms with Crippen molar-refractivity contribution in [1.82, 2.24) is 0 Å². The molecule has 0 radical (unpaired) electrons. The SMILES string of the molecule is O=C(c1ccco1)C1CC=C(c2ccccc2)CC1. The van der Waals surface area contributed by atoms with Crippen molar-refractivity contribution >= 4 is 11.4 Å². The zero-order valence-electron chi connectivity index (χ0n) is 10.7. The van der Waals surface area contributed by atoms with E-state index >= 15 is 0 Å². The predicted octanol–water partition coefficient (Wildman–Crippen LogP) is 4.35. The third-order valence-corrected chi connectivity index (χ3v) is 3.69. The molecule has 19 heavy (non-hydrogen) atoms. The number of furan rings is 1. The molecule has 2 heteroatoms. The van der Waals surface area contributed by atoms with Crippen molar-refractivity contribution in [3.8, 4) is 0 Å². The van der Waals surface area contributed by atoms with Crippen LogP contribution in [-0.2, 0) is 0 Å². The van der Waals surface area contributed by atoms with Gasteiger partial charge in [0.2, 0.25) is 5.78 Å². The Morgan fingerprint density at radius 2 is 1.95 bits per heavy atom. The third kappa shape index (κ3) is 2.53. The van der Waals surface area contributed by atoms with Crippen LogP contribution in [-0.4, -0.2) is 5.78 Å². The topological polar surface area (TPSA) is 30.2 Å². The minimum Gasteiger partial charge on any atom is -0.461 e. The fraction of sp³-hybridized carbons (Fsp3) is 0.235. The molecule has 1 atom stereocenters. The monoisotopic (exact) mass is 252 g/mol. The highest BCUT2D eigenvalue weighted by Crippen LogP contribution is 2.31. The fourth-order valence-electron chi connectivity index (χ4n) is 2.61. The summed E-state index contributed by atoms with van der Waals surface area (Å²) in [6.45, 7) is 0. The molecule has 1 aliphatic carbocycles. The van der Waals surface area contributed by atoms with E-state index in [1.807, 2.05) is 6.07 Å². The number of rotatable bonds is 3. The minimum atomic E-state index is 0.0682. The van der Waals surface area contributed by atoms with E-state index in [0.717, 1.165) is 19.3 Å². The third-order valence-electron chi connectivity index (χ3n) is 3.69. The summed E-state index contributed by atoms with van der Waals surface area (Å²) in [4.78, 5) is 12.2. The first kappa shape index (κ1) is 12.0. The highest BCUT2D eigenvalue weighted by molar-refractivity contribution is 5.95. The Kier molecular flexibility index (Phi) is 3.32. The molecule has 0 aliphatic heterocycles. The molecule has 0 saturated heterocycles.